The van der Waals surface area contributed by atoms with Gasteiger partial charge in [-0.1, -0.05) is 24.3 Å². The molecule has 26 heavy (non-hydrogen) atoms. The molecule has 0 aliphatic heterocycles. The van der Waals surface area contributed by atoms with Crippen molar-refractivity contribution >= 4 is 5.91 Å². The number of aryl methyl sites for hydroxylation is 2. The molecular weight excluding hydrogens is 326 g/mol. The first-order valence-corrected chi connectivity index (χ1v) is 8.74. The van der Waals surface area contributed by atoms with Gasteiger partial charge in [0, 0.05) is 23.9 Å². The van der Waals surface area contributed by atoms with Crippen molar-refractivity contribution in [2.24, 2.45) is 0 Å². The Balaban J connectivity index is 1.71. The van der Waals surface area contributed by atoms with Crippen LogP contribution in [0.15, 0.2) is 60.8 Å². The molecule has 5 nitrogen and oxygen atoms in total. The van der Waals surface area contributed by atoms with Crippen molar-refractivity contribution in [3.63, 3.8) is 0 Å². The normalized spacial score (nSPS) is 11.8. The molecule has 0 aliphatic rings. The molecule has 0 saturated carbocycles. The second kappa shape index (κ2) is 7.87. The molecule has 134 valence electrons. The van der Waals surface area contributed by atoms with Gasteiger partial charge in [-0.3, -0.25) is 9.48 Å². The summed E-state index contributed by atoms with van der Waals surface area (Å²) in [6, 6.07) is 16.6. The third kappa shape index (κ3) is 4.11. The van der Waals surface area contributed by atoms with E-state index in [1.54, 1.807) is 12.1 Å². The van der Waals surface area contributed by atoms with Crippen LogP contribution in [0, 0.1) is 6.92 Å². The number of carbonyl (C=O) groups is 1. The lowest BCUT2D eigenvalue weighted by atomic mass is 10.1. The fourth-order valence-corrected chi connectivity index (χ4v) is 2.80. The zero-order chi connectivity index (χ0) is 18.5. The van der Waals surface area contributed by atoms with E-state index in [2.05, 4.69) is 10.4 Å². The first-order valence-electron chi connectivity index (χ1n) is 8.74. The molecule has 1 heterocycles. The molecule has 3 aromatic rings. The summed E-state index contributed by atoms with van der Waals surface area (Å²) in [5.41, 5.74) is 2.52. The van der Waals surface area contributed by atoms with Crippen LogP contribution in [-0.4, -0.2) is 15.7 Å². The number of para-hydroxylation sites is 1. The topological polar surface area (TPSA) is 56.2 Å². The standard InChI is InChI=1S/C21H23N3O2/c1-4-24-14-20(16(3)23-24)15(2)22-21(25)17-9-8-12-19(13-17)26-18-10-6-5-7-11-18/h5-15H,4H2,1-3H3,(H,22,25). The summed E-state index contributed by atoms with van der Waals surface area (Å²) in [4.78, 5) is 12.6. The average molecular weight is 349 g/mol. The van der Waals surface area contributed by atoms with Crippen LogP contribution in [0.2, 0.25) is 0 Å². The van der Waals surface area contributed by atoms with Crippen molar-refractivity contribution < 1.29 is 9.53 Å². The molecule has 1 unspecified atom stereocenters. The van der Waals surface area contributed by atoms with Gasteiger partial charge in [0.05, 0.1) is 11.7 Å². The molecule has 0 radical (unpaired) electrons. The van der Waals surface area contributed by atoms with Gasteiger partial charge in [-0.2, -0.15) is 5.10 Å². The van der Waals surface area contributed by atoms with Crippen molar-refractivity contribution in [1.29, 1.82) is 0 Å². The fraction of sp³-hybridized carbons (Fsp3) is 0.238. The molecule has 1 atom stereocenters. The smallest absolute Gasteiger partial charge is 0.251 e. The Hall–Kier alpha value is -3.08. The lowest BCUT2D eigenvalue weighted by Crippen LogP contribution is -2.26. The first-order chi connectivity index (χ1) is 12.6. The number of hydrogen-bond donors (Lipinski definition) is 1. The summed E-state index contributed by atoms with van der Waals surface area (Å²) in [6.45, 7) is 6.77. The van der Waals surface area contributed by atoms with Crippen molar-refractivity contribution in [1.82, 2.24) is 15.1 Å². The lowest BCUT2D eigenvalue weighted by molar-refractivity contribution is 0.0939. The Labute approximate surface area is 153 Å². The summed E-state index contributed by atoms with van der Waals surface area (Å²) in [6.07, 6.45) is 1.98. The minimum absolute atomic E-state index is 0.124. The molecule has 0 aliphatic carbocycles. The number of benzene rings is 2. The number of hydrogen-bond acceptors (Lipinski definition) is 3. The zero-order valence-corrected chi connectivity index (χ0v) is 15.3. The minimum Gasteiger partial charge on any atom is -0.457 e. The van der Waals surface area contributed by atoms with Gasteiger partial charge in [0.2, 0.25) is 0 Å². The van der Waals surface area contributed by atoms with E-state index in [0.29, 0.717) is 11.3 Å². The largest absolute Gasteiger partial charge is 0.457 e. The molecular formula is C21H23N3O2. The number of amides is 1. The van der Waals surface area contributed by atoms with Crippen LogP contribution in [0.25, 0.3) is 0 Å². The molecule has 0 bridgehead atoms. The maximum Gasteiger partial charge on any atom is 0.251 e. The Bertz CT molecular complexity index is 887. The highest BCUT2D eigenvalue weighted by Crippen LogP contribution is 2.22. The molecule has 1 aromatic heterocycles. The third-order valence-corrected chi connectivity index (χ3v) is 4.20. The predicted octanol–water partition coefficient (Wildman–Crippen LogP) is 4.49. The van der Waals surface area contributed by atoms with Crippen molar-refractivity contribution in [3.8, 4) is 11.5 Å². The number of rotatable bonds is 6. The molecule has 3 rings (SSSR count). The summed E-state index contributed by atoms with van der Waals surface area (Å²) >= 11 is 0. The molecule has 0 saturated heterocycles. The van der Waals surface area contributed by atoms with Gasteiger partial charge >= 0.3 is 0 Å². The van der Waals surface area contributed by atoms with Gasteiger partial charge in [-0.25, -0.2) is 0 Å². The Kier molecular flexibility index (Phi) is 5.37. The summed E-state index contributed by atoms with van der Waals surface area (Å²) < 4.78 is 7.68. The number of carbonyl (C=O) groups excluding carboxylic acids is 1. The second-order valence-corrected chi connectivity index (χ2v) is 6.16. The Morgan fingerprint density at radius 2 is 1.88 bits per heavy atom. The number of aromatic nitrogens is 2. The quantitative estimate of drug-likeness (QED) is 0.713. The third-order valence-electron chi connectivity index (χ3n) is 4.20. The van der Waals surface area contributed by atoms with Gasteiger partial charge in [0.1, 0.15) is 11.5 Å². The Morgan fingerprint density at radius 1 is 1.15 bits per heavy atom. The van der Waals surface area contributed by atoms with Crippen LogP contribution in [0.5, 0.6) is 11.5 Å². The van der Waals surface area contributed by atoms with Gasteiger partial charge in [0.25, 0.3) is 5.91 Å². The number of nitrogens with one attached hydrogen (secondary N) is 1. The molecule has 0 fully saturated rings. The fourth-order valence-electron chi connectivity index (χ4n) is 2.80. The highest BCUT2D eigenvalue weighted by molar-refractivity contribution is 5.94. The van der Waals surface area contributed by atoms with E-state index >= 15 is 0 Å². The van der Waals surface area contributed by atoms with E-state index in [0.717, 1.165) is 23.6 Å². The van der Waals surface area contributed by atoms with Crippen molar-refractivity contribution in [2.75, 3.05) is 0 Å². The van der Waals surface area contributed by atoms with Crippen LogP contribution in [0.1, 0.15) is 41.5 Å². The van der Waals surface area contributed by atoms with E-state index in [4.69, 9.17) is 4.74 Å². The maximum absolute atomic E-state index is 12.6. The molecule has 1 amide bonds. The van der Waals surface area contributed by atoms with E-state index in [-0.39, 0.29) is 11.9 Å². The molecule has 1 N–H and O–H groups in total. The van der Waals surface area contributed by atoms with Crippen molar-refractivity contribution in [3.05, 3.63) is 77.6 Å². The van der Waals surface area contributed by atoms with Gasteiger partial charge in [-0.15, -0.1) is 0 Å². The minimum atomic E-state index is -0.139. The molecule has 2 aromatic carbocycles. The van der Waals surface area contributed by atoms with E-state index in [1.165, 1.54) is 0 Å². The van der Waals surface area contributed by atoms with Crippen LogP contribution in [0.4, 0.5) is 0 Å². The summed E-state index contributed by atoms with van der Waals surface area (Å²) in [5, 5.41) is 7.47. The van der Waals surface area contributed by atoms with Crippen LogP contribution in [-0.2, 0) is 6.54 Å². The highest BCUT2D eigenvalue weighted by Gasteiger charge is 2.16. The van der Waals surface area contributed by atoms with Crippen LogP contribution in [0.3, 0.4) is 0 Å². The summed E-state index contributed by atoms with van der Waals surface area (Å²) in [5.74, 6) is 1.23. The number of ether oxygens (including phenoxy) is 1. The van der Waals surface area contributed by atoms with Gasteiger partial charge < -0.3 is 10.1 Å². The lowest BCUT2D eigenvalue weighted by Gasteiger charge is -2.14. The van der Waals surface area contributed by atoms with Crippen LogP contribution >= 0.6 is 0 Å². The SMILES string of the molecule is CCn1cc(C(C)NC(=O)c2cccc(Oc3ccccc3)c2)c(C)n1. The number of nitrogens with zero attached hydrogens (tertiary/aromatic N) is 2. The van der Waals surface area contributed by atoms with E-state index in [1.807, 2.05) is 74.1 Å². The highest BCUT2D eigenvalue weighted by atomic mass is 16.5. The van der Waals surface area contributed by atoms with Crippen molar-refractivity contribution in [2.45, 2.75) is 33.4 Å². The summed E-state index contributed by atoms with van der Waals surface area (Å²) in [7, 11) is 0. The monoisotopic (exact) mass is 349 g/mol. The first kappa shape index (κ1) is 17.7. The van der Waals surface area contributed by atoms with Gasteiger partial charge in [-0.05, 0) is 51.1 Å². The van der Waals surface area contributed by atoms with E-state index < -0.39 is 0 Å². The zero-order valence-electron chi connectivity index (χ0n) is 15.3. The molecule has 5 heteroatoms. The van der Waals surface area contributed by atoms with Crippen LogP contribution < -0.4 is 10.1 Å². The second-order valence-electron chi connectivity index (χ2n) is 6.16. The molecule has 0 spiro atoms. The average Bonchev–Trinajstić information content (AvgIpc) is 3.04. The van der Waals surface area contributed by atoms with E-state index in [9.17, 15) is 4.79 Å². The maximum atomic E-state index is 12.6. The predicted molar refractivity (Wildman–Crippen MR) is 101 cm³/mol. The van der Waals surface area contributed by atoms with Gasteiger partial charge in [0.15, 0.2) is 0 Å². The Morgan fingerprint density at radius 3 is 2.58 bits per heavy atom.